The number of nitrogens with zero attached hydrogens (tertiary/aromatic N) is 1. The molecule has 58 valence electrons. The second-order valence-corrected chi connectivity index (χ2v) is 2.86. The molecule has 0 aliphatic carbocycles. The normalized spacial score (nSPS) is 18.8. The lowest BCUT2D eigenvalue weighted by Gasteiger charge is -2.33. The fraction of sp³-hybridized carbons (Fsp3) is 0.333. The van der Waals surface area contributed by atoms with E-state index in [0.717, 1.165) is 0 Å². The minimum atomic E-state index is -0.0812. The minimum Gasteiger partial charge on any atom is -0.360 e. The highest BCUT2D eigenvalue weighted by molar-refractivity contribution is 6.91. The first-order chi connectivity index (χ1) is 5.69. The molecular weight excluding hydrogens is 147 g/mol. The Morgan fingerprint density at radius 3 is 1.92 bits per heavy atom. The maximum atomic E-state index is 5.32. The van der Waals surface area contributed by atoms with Crippen LogP contribution in [-0.2, 0) is 0 Å². The van der Waals surface area contributed by atoms with E-state index < -0.39 is 0 Å². The second kappa shape index (κ2) is 3.73. The molecule has 0 aromatic heterocycles. The van der Waals surface area contributed by atoms with Gasteiger partial charge < -0.3 is 15.0 Å². The summed E-state index contributed by atoms with van der Waals surface area (Å²) in [7, 11) is 1.89. The number of terminal acetylenes is 2. The topological polar surface area (TPSA) is 27.3 Å². The van der Waals surface area contributed by atoms with Crippen LogP contribution in [0, 0.1) is 24.5 Å². The largest absolute Gasteiger partial charge is 0.377 e. The lowest BCUT2D eigenvalue weighted by Crippen LogP contribution is -2.73. The molecule has 0 aromatic carbocycles. The van der Waals surface area contributed by atoms with Gasteiger partial charge in [0.15, 0.2) is 0 Å². The molecule has 0 bridgehead atoms. The Hall–Kier alpha value is -0.805. The van der Waals surface area contributed by atoms with Gasteiger partial charge in [0, 0.05) is 0 Å². The van der Waals surface area contributed by atoms with Crippen molar-refractivity contribution >= 4 is 20.9 Å². The molecule has 1 rings (SSSR count). The summed E-state index contributed by atoms with van der Waals surface area (Å²) in [4.78, 5) is 0. The predicted molar refractivity (Wildman–Crippen MR) is 54.8 cm³/mol. The van der Waals surface area contributed by atoms with Gasteiger partial charge in [0.05, 0.1) is 0 Å². The van der Waals surface area contributed by atoms with Crippen molar-refractivity contribution in [2.75, 3.05) is 7.05 Å². The van der Waals surface area contributed by atoms with Crippen molar-refractivity contribution in [3.05, 3.63) is 0 Å². The van der Waals surface area contributed by atoms with Gasteiger partial charge in [-0.1, -0.05) is 6.82 Å². The first-order valence-electron chi connectivity index (χ1n) is 3.85. The first-order valence-corrected chi connectivity index (χ1v) is 3.85. The van der Waals surface area contributed by atoms with Crippen molar-refractivity contribution in [3.63, 3.8) is 0 Å². The predicted octanol–water partition coefficient (Wildman–Crippen LogP) is -1.45. The number of hydrogen-bond acceptors (Lipinski definition) is 3. The van der Waals surface area contributed by atoms with E-state index in [-0.39, 0.29) is 20.9 Å². The molecule has 1 fully saturated rings. The molecule has 0 spiro atoms. The second-order valence-electron chi connectivity index (χ2n) is 2.86. The van der Waals surface area contributed by atoms with Gasteiger partial charge >= 0.3 is 14.0 Å². The highest BCUT2D eigenvalue weighted by Crippen LogP contribution is 1.96. The molecule has 2 N–H and O–H groups in total. The highest BCUT2D eigenvalue weighted by Gasteiger charge is 2.36. The van der Waals surface area contributed by atoms with Crippen molar-refractivity contribution in [3.8, 4) is 24.5 Å². The van der Waals surface area contributed by atoms with E-state index in [0.29, 0.717) is 0 Å². The fourth-order valence-electron chi connectivity index (χ4n) is 1.24. The van der Waals surface area contributed by atoms with Crippen LogP contribution in [0.3, 0.4) is 0 Å². The Balaban J connectivity index is 2.71. The highest BCUT2D eigenvalue weighted by atomic mass is 15.1. The molecule has 1 saturated heterocycles. The number of hydrogen-bond donors (Lipinski definition) is 2. The molecule has 0 radical (unpaired) electrons. The molecule has 0 atom stereocenters. The minimum absolute atomic E-state index is 0.0812. The summed E-state index contributed by atoms with van der Waals surface area (Å²) in [5, 5.41) is 6.33. The third-order valence-corrected chi connectivity index (χ3v) is 1.95. The van der Waals surface area contributed by atoms with Gasteiger partial charge in [-0.3, -0.25) is 0 Å². The van der Waals surface area contributed by atoms with E-state index >= 15 is 0 Å². The lowest BCUT2D eigenvalue weighted by molar-refractivity contribution is 0.777. The van der Waals surface area contributed by atoms with E-state index in [1.165, 1.54) is 0 Å². The quantitative estimate of drug-likeness (QED) is 0.332. The molecule has 1 aliphatic heterocycles. The van der Waals surface area contributed by atoms with Crippen LogP contribution >= 0.6 is 0 Å². The number of rotatable bonds is 0. The molecule has 1 aliphatic rings. The van der Waals surface area contributed by atoms with Crippen LogP contribution in [0.25, 0.3) is 0 Å². The molecule has 1 heterocycles. The van der Waals surface area contributed by atoms with Gasteiger partial charge in [0.25, 0.3) is 6.98 Å². The average Bonchev–Trinajstić information content (AvgIpc) is 2.08. The van der Waals surface area contributed by atoms with Crippen LogP contribution in [0.5, 0.6) is 0 Å². The van der Waals surface area contributed by atoms with Gasteiger partial charge in [-0.25, -0.2) is 0 Å². The number of nitrogens with one attached hydrogen (secondary N) is 2. The third-order valence-electron chi connectivity index (χ3n) is 1.95. The standard InChI is InChI=1S/C6H10B3N3/c1-5-8-10-7(3)11-9(6-2)12(8)4/h1-2,10-11H,3-4H3. The smallest absolute Gasteiger partial charge is 0.360 e. The molecule has 0 aromatic rings. The van der Waals surface area contributed by atoms with Crippen LogP contribution in [-0.4, -0.2) is 32.7 Å². The van der Waals surface area contributed by atoms with Crippen molar-refractivity contribution in [2.24, 2.45) is 0 Å². The van der Waals surface area contributed by atoms with Gasteiger partial charge in [0.1, 0.15) is 0 Å². The van der Waals surface area contributed by atoms with Crippen molar-refractivity contribution in [1.82, 2.24) is 15.0 Å². The molecule has 3 nitrogen and oxygen atoms in total. The first kappa shape index (κ1) is 9.28. The SMILES string of the molecule is C#CB1NB(C)NB(C#C)N1C. The Morgan fingerprint density at radius 2 is 1.58 bits per heavy atom. The van der Waals surface area contributed by atoms with E-state index in [9.17, 15) is 0 Å². The third kappa shape index (κ3) is 1.68. The van der Waals surface area contributed by atoms with Crippen molar-refractivity contribution in [1.29, 1.82) is 0 Å². The zero-order chi connectivity index (χ0) is 9.14. The lowest BCUT2D eigenvalue weighted by atomic mass is 9.49. The van der Waals surface area contributed by atoms with Crippen LogP contribution in [0.2, 0.25) is 6.82 Å². The summed E-state index contributed by atoms with van der Waals surface area (Å²) < 4.78 is 1.90. The summed E-state index contributed by atoms with van der Waals surface area (Å²) >= 11 is 0. The Kier molecular flexibility index (Phi) is 2.89. The van der Waals surface area contributed by atoms with Gasteiger partial charge in [-0.15, -0.1) is 24.5 Å². The van der Waals surface area contributed by atoms with Crippen LogP contribution in [0.1, 0.15) is 0 Å². The van der Waals surface area contributed by atoms with Crippen molar-refractivity contribution in [2.45, 2.75) is 6.82 Å². The fourth-order valence-corrected chi connectivity index (χ4v) is 1.24. The zero-order valence-electron chi connectivity index (χ0n) is 7.33. The molecule has 0 amide bonds. The Labute approximate surface area is 75.0 Å². The monoisotopic (exact) mass is 157 g/mol. The van der Waals surface area contributed by atoms with E-state index in [1.54, 1.807) is 0 Å². The molecule has 12 heavy (non-hydrogen) atoms. The van der Waals surface area contributed by atoms with Crippen LogP contribution < -0.4 is 10.3 Å². The Bertz CT molecular complexity index is 219. The molecular formula is C6H10B3N3. The van der Waals surface area contributed by atoms with E-state index in [2.05, 4.69) is 21.9 Å². The van der Waals surface area contributed by atoms with E-state index in [4.69, 9.17) is 12.8 Å². The summed E-state index contributed by atoms with van der Waals surface area (Å²) in [6.07, 6.45) is 10.6. The summed E-state index contributed by atoms with van der Waals surface area (Å²) in [6.45, 7) is 1.98. The Morgan fingerprint density at radius 1 is 1.17 bits per heavy atom. The average molecular weight is 157 g/mol. The van der Waals surface area contributed by atoms with Crippen LogP contribution in [0.15, 0.2) is 0 Å². The van der Waals surface area contributed by atoms with Gasteiger partial charge in [0.2, 0.25) is 0 Å². The molecule has 6 heteroatoms. The zero-order valence-corrected chi connectivity index (χ0v) is 7.33. The van der Waals surface area contributed by atoms with E-state index in [1.807, 2.05) is 18.6 Å². The van der Waals surface area contributed by atoms with Crippen molar-refractivity contribution < 1.29 is 0 Å². The maximum Gasteiger partial charge on any atom is 0.377 e. The molecule has 0 unspecified atom stereocenters. The maximum absolute atomic E-state index is 5.32. The summed E-state index contributed by atoms with van der Waals surface area (Å²) in [5.74, 6) is 5.26. The van der Waals surface area contributed by atoms with Gasteiger partial charge in [-0.2, -0.15) is 0 Å². The van der Waals surface area contributed by atoms with Crippen LogP contribution in [0.4, 0.5) is 0 Å². The van der Waals surface area contributed by atoms with Gasteiger partial charge in [-0.05, 0) is 7.05 Å². The molecule has 0 saturated carbocycles. The summed E-state index contributed by atoms with van der Waals surface area (Å²) in [5.41, 5.74) is 0. The summed E-state index contributed by atoms with van der Waals surface area (Å²) in [6, 6.07) is 0.